The number of fused-ring (bicyclic) bond motifs is 1. The molecule has 1 fully saturated rings. The molecule has 2 heterocycles. The molecule has 7 nitrogen and oxygen atoms in total. The van der Waals surface area contributed by atoms with E-state index in [4.69, 9.17) is 9.47 Å². The first-order chi connectivity index (χ1) is 13.1. The standard InChI is InChI=1S/C20H29N3O4/c1-3-22(4-2)10-6-5-9-21-20(25)15-11-19(24)23(13-15)16-7-8-17-18(12-16)27-14-26-17/h7-8,12,15H,3-6,9-11,13-14H2,1-2H3,(H,21,25). The molecule has 7 heteroatoms. The van der Waals surface area contributed by atoms with Gasteiger partial charge >= 0.3 is 0 Å². The fraction of sp³-hybridized carbons (Fsp3) is 0.600. The number of hydrogen-bond donors (Lipinski definition) is 1. The lowest BCUT2D eigenvalue weighted by atomic mass is 10.1. The molecular formula is C20H29N3O4. The van der Waals surface area contributed by atoms with E-state index in [1.54, 1.807) is 17.0 Å². The third kappa shape index (κ3) is 4.71. The molecule has 0 spiro atoms. The van der Waals surface area contributed by atoms with Gasteiger partial charge in [-0.3, -0.25) is 9.59 Å². The SMILES string of the molecule is CCN(CC)CCCCNC(=O)C1CC(=O)N(c2ccc3c(c2)OCO3)C1. The number of ether oxygens (including phenoxy) is 2. The number of amides is 2. The van der Waals surface area contributed by atoms with Crippen molar-refractivity contribution in [3.05, 3.63) is 18.2 Å². The average molecular weight is 375 g/mol. The van der Waals surface area contributed by atoms with Gasteiger partial charge in [-0.05, 0) is 44.6 Å². The smallest absolute Gasteiger partial charge is 0.231 e. The van der Waals surface area contributed by atoms with E-state index in [0.29, 0.717) is 24.6 Å². The molecule has 148 valence electrons. The highest BCUT2D eigenvalue weighted by Crippen LogP contribution is 2.37. The molecule has 0 aromatic heterocycles. The number of benzene rings is 1. The summed E-state index contributed by atoms with van der Waals surface area (Å²) in [4.78, 5) is 28.8. The van der Waals surface area contributed by atoms with E-state index in [1.807, 2.05) is 6.07 Å². The predicted molar refractivity (Wildman–Crippen MR) is 103 cm³/mol. The molecule has 1 N–H and O–H groups in total. The minimum atomic E-state index is -0.300. The van der Waals surface area contributed by atoms with Gasteiger partial charge in [0.2, 0.25) is 18.6 Å². The third-order valence-corrected chi connectivity index (χ3v) is 5.26. The summed E-state index contributed by atoms with van der Waals surface area (Å²) >= 11 is 0. The first-order valence-corrected chi connectivity index (χ1v) is 9.82. The van der Waals surface area contributed by atoms with Gasteiger partial charge in [0.05, 0.1) is 5.92 Å². The Morgan fingerprint density at radius 1 is 1.22 bits per heavy atom. The van der Waals surface area contributed by atoms with Crippen LogP contribution in [0.4, 0.5) is 5.69 Å². The predicted octanol–water partition coefficient (Wildman–Crippen LogP) is 2.01. The van der Waals surface area contributed by atoms with Gasteiger partial charge in [-0.1, -0.05) is 13.8 Å². The minimum Gasteiger partial charge on any atom is -0.454 e. The van der Waals surface area contributed by atoms with Crippen LogP contribution >= 0.6 is 0 Å². The van der Waals surface area contributed by atoms with E-state index in [1.165, 1.54) is 0 Å². The second-order valence-corrected chi connectivity index (χ2v) is 6.97. The molecular weight excluding hydrogens is 346 g/mol. The summed E-state index contributed by atoms with van der Waals surface area (Å²) in [6.07, 6.45) is 2.27. The second kappa shape index (κ2) is 9.08. The quantitative estimate of drug-likeness (QED) is 0.669. The molecule has 0 aliphatic carbocycles. The van der Waals surface area contributed by atoms with Crippen LogP contribution in [0.25, 0.3) is 0 Å². The summed E-state index contributed by atoms with van der Waals surface area (Å²) < 4.78 is 10.7. The maximum atomic E-state index is 12.4. The van der Waals surface area contributed by atoms with Crippen molar-refractivity contribution in [3.8, 4) is 11.5 Å². The molecule has 0 bridgehead atoms. The van der Waals surface area contributed by atoms with E-state index in [9.17, 15) is 9.59 Å². The van der Waals surface area contributed by atoms with E-state index >= 15 is 0 Å². The second-order valence-electron chi connectivity index (χ2n) is 6.97. The zero-order valence-corrected chi connectivity index (χ0v) is 16.2. The topological polar surface area (TPSA) is 71.1 Å². The van der Waals surface area contributed by atoms with Crippen molar-refractivity contribution in [3.63, 3.8) is 0 Å². The monoisotopic (exact) mass is 375 g/mol. The van der Waals surface area contributed by atoms with Gasteiger partial charge in [0.25, 0.3) is 0 Å². The lowest BCUT2D eigenvalue weighted by Crippen LogP contribution is -2.34. The fourth-order valence-electron chi connectivity index (χ4n) is 3.54. The number of nitrogens with one attached hydrogen (secondary N) is 1. The molecule has 27 heavy (non-hydrogen) atoms. The van der Waals surface area contributed by atoms with Gasteiger partial charge in [0.1, 0.15) is 0 Å². The molecule has 1 aromatic rings. The maximum absolute atomic E-state index is 12.4. The highest BCUT2D eigenvalue weighted by atomic mass is 16.7. The highest BCUT2D eigenvalue weighted by Gasteiger charge is 2.35. The fourth-order valence-corrected chi connectivity index (χ4v) is 3.54. The Kier molecular flexibility index (Phi) is 6.55. The number of hydrogen-bond acceptors (Lipinski definition) is 5. The van der Waals surface area contributed by atoms with Gasteiger partial charge in [-0.25, -0.2) is 0 Å². The Morgan fingerprint density at radius 2 is 2.00 bits per heavy atom. The van der Waals surface area contributed by atoms with Gasteiger partial charge < -0.3 is 24.6 Å². The van der Waals surface area contributed by atoms with Crippen LogP contribution in [0.1, 0.15) is 33.1 Å². The highest BCUT2D eigenvalue weighted by molar-refractivity contribution is 6.00. The van der Waals surface area contributed by atoms with Crippen LogP contribution in [-0.2, 0) is 9.59 Å². The van der Waals surface area contributed by atoms with Gasteiger partial charge in [0.15, 0.2) is 11.5 Å². The van der Waals surface area contributed by atoms with Gasteiger partial charge in [-0.2, -0.15) is 0 Å². The molecule has 3 rings (SSSR count). The molecule has 1 aromatic carbocycles. The molecule has 2 aliphatic rings. The Bertz CT molecular complexity index is 675. The van der Waals surface area contributed by atoms with Crippen molar-refractivity contribution in [1.82, 2.24) is 10.2 Å². The number of anilines is 1. The summed E-state index contributed by atoms with van der Waals surface area (Å²) in [5, 5.41) is 2.99. The van der Waals surface area contributed by atoms with Crippen molar-refractivity contribution >= 4 is 17.5 Å². The third-order valence-electron chi connectivity index (χ3n) is 5.26. The Morgan fingerprint density at radius 3 is 2.78 bits per heavy atom. The number of carbonyl (C=O) groups excluding carboxylic acids is 2. The molecule has 2 aliphatic heterocycles. The lowest BCUT2D eigenvalue weighted by Gasteiger charge is -2.18. The van der Waals surface area contributed by atoms with Crippen LogP contribution in [-0.4, -0.2) is 56.2 Å². The molecule has 2 amide bonds. The van der Waals surface area contributed by atoms with E-state index in [-0.39, 0.29) is 30.9 Å². The number of nitrogens with zero attached hydrogens (tertiary/aromatic N) is 2. The Balaban J connectivity index is 1.45. The van der Waals surface area contributed by atoms with Gasteiger partial charge in [-0.15, -0.1) is 0 Å². The maximum Gasteiger partial charge on any atom is 0.231 e. The van der Waals surface area contributed by atoms with Gasteiger partial charge in [0, 0.05) is 31.3 Å². The molecule has 1 atom stereocenters. The number of unbranched alkanes of at least 4 members (excludes halogenated alkanes) is 1. The molecule has 1 saturated heterocycles. The first-order valence-electron chi connectivity index (χ1n) is 9.82. The van der Waals surface area contributed by atoms with E-state index in [0.717, 1.165) is 38.2 Å². The zero-order chi connectivity index (χ0) is 19.2. The van der Waals surface area contributed by atoms with Crippen molar-refractivity contribution < 1.29 is 19.1 Å². The largest absolute Gasteiger partial charge is 0.454 e. The van der Waals surface area contributed by atoms with E-state index < -0.39 is 0 Å². The first kappa shape index (κ1) is 19.5. The van der Waals surface area contributed by atoms with Crippen molar-refractivity contribution in [2.45, 2.75) is 33.1 Å². The Hall–Kier alpha value is -2.28. The summed E-state index contributed by atoms with van der Waals surface area (Å²) in [5.41, 5.74) is 0.749. The van der Waals surface area contributed by atoms with Crippen LogP contribution in [0.15, 0.2) is 18.2 Å². The zero-order valence-electron chi connectivity index (χ0n) is 16.2. The summed E-state index contributed by atoms with van der Waals surface area (Å²) in [6, 6.07) is 5.43. The van der Waals surface area contributed by atoms with Crippen molar-refractivity contribution in [1.29, 1.82) is 0 Å². The van der Waals surface area contributed by atoms with Crippen LogP contribution < -0.4 is 19.7 Å². The van der Waals surface area contributed by atoms with Crippen LogP contribution in [0, 0.1) is 5.92 Å². The summed E-state index contributed by atoms with van der Waals surface area (Å²) in [5.74, 6) is 0.960. The minimum absolute atomic E-state index is 0.0319. The lowest BCUT2D eigenvalue weighted by molar-refractivity contribution is -0.126. The number of carbonyl (C=O) groups is 2. The van der Waals surface area contributed by atoms with E-state index in [2.05, 4.69) is 24.1 Å². The summed E-state index contributed by atoms with van der Waals surface area (Å²) in [7, 11) is 0. The van der Waals surface area contributed by atoms with Crippen LogP contribution in [0.5, 0.6) is 11.5 Å². The molecule has 0 saturated carbocycles. The normalized spacial score (nSPS) is 18.4. The average Bonchev–Trinajstić information content (AvgIpc) is 3.30. The molecule has 1 unspecified atom stereocenters. The number of rotatable bonds is 9. The van der Waals surface area contributed by atoms with Crippen LogP contribution in [0.2, 0.25) is 0 Å². The summed E-state index contributed by atoms with van der Waals surface area (Å²) in [6.45, 7) is 8.77. The molecule has 0 radical (unpaired) electrons. The van der Waals surface area contributed by atoms with Crippen LogP contribution in [0.3, 0.4) is 0 Å². The Labute approximate surface area is 160 Å². The van der Waals surface area contributed by atoms with Crippen molar-refractivity contribution in [2.75, 3.05) is 44.4 Å². The van der Waals surface area contributed by atoms with Crippen molar-refractivity contribution in [2.24, 2.45) is 5.92 Å².